The zero-order chi connectivity index (χ0) is 10.7. The minimum atomic E-state index is -0.326. The lowest BCUT2D eigenvalue weighted by Gasteiger charge is -2.24. The van der Waals surface area contributed by atoms with E-state index in [1.165, 1.54) is 0 Å². The molecule has 0 fully saturated rings. The van der Waals surface area contributed by atoms with Crippen LogP contribution in [0.2, 0.25) is 0 Å². The normalized spacial score (nSPS) is 22.7. The molecule has 0 bridgehead atoms. The van der Waals surface area contributed by atoms with E-state index in [1.54, 1.807) is 0 Å². The van der Waals surface area contributed by atoms with Crippen LogP contribution in [0.1, 0.15) is 30.9 Å². The van der Waals surface area contributed by atoms with Crippen molar-refractivity contribution in [2.45, 2.75) is 25.4 Å². The van der Waals surface area contributed by atoms with E-state index in [1.807, 2.05) is 24.3 Å². The highest BCUT2D eigenvalue weighted by molar-refractivity contribution is 9.10. The molecule has 0 saturated heterocycles. The number of halogens is 1. The van der Waals surface area contributed by atoms with Crippen LogP contribution in [0.4, 0.5) is 0 Å². The van der Waals surface area contributed by atoms with Crippen LogP contribution < -0.4 is 0 Å². The highest BCUT2D eigenvalue weighted by Gasteiger charge is 2.20. The molecule has 0 saturated carbocycles. The fourth-order valence-corrected chi connectivity index (χ4v) is 2.48. The van der Waals surface area contributed by atoms with Crippen LogP contribution in [0, 0.1) is 5.92 Å². The number of benzene rings is 1. The Kier molecular flexibility index (Phi) is 3.60. The molecule has 1 N–H and O–H groups in total. The van der Waals surface area contributed by atoms with E-state index in [9.17, 15) is 5.11 Å². The molecule has 0 spiro atoms. The minimum Gasteiger partial charge on any atom is -0.388 e. The molecule has 2 rings (SSSR count). The Bertz CT molecular complexity index is 359. The summed E-state index contributed by atoms with van der Waals surface area (Å²) in [4.78, 5) is 0. The molecular formula is C13H15BrO. The Morgan fingerprint density at radius 1 is 1.33 bits per heavy atom. The summed E-state index contributed by atoms with van der Waals surface area (Å²) in [5.74, 6) is 0.379. The van der Waals surface area contributed by atoms with E-state index in [2.05, 4.69) is 28.1 Å². The van der Waals surface area contributed by atoms with E-state index in [0.717, 1.165) is 29.3 Å². The molecule has 1 aliphatic carbocycles. The first-order valence-corrected chi connectivity index (χ1v) is 6.15. The molecule has 1 aromatic carbocycles. The van der Waals surface area contributed by atoms with Crippen molar-refractivity contribution in [1.29, 1.82) is 0 Å². The van der Waals surface area contributed by atoms with Gasteiger partial charge >= 0.3 is 0 Å². The van der Waals surface area contributed by atoms with Crippen molar-refractivity contribution in [2.75, 3.05) is 0 Å². The van der Waals surface area contributed by atoms with Gasteiger partial charge in [-0.25, -0.2) is 0 Å². The topological polar surface area (TPSA) is 20.2 Å². The van der Waals surface area contributed by atoms with E-state index >= 15 is 0 Å². The average molecular weight is 267 g/mol. The molecule has 0 radical (unpaired) electrons. The highest BCUT2D eigenvalue weighted by Crippen LogP contribution is 2.32. The van der Waals surface area contributed by atoms with Crippen molar-refractivity contribution >= 4 is 15.9 Å². The van der Waals surface area contributed by atoms with Gasteiger partial charge in [0, 0.05) is 4.47 Å². The van der Waals surface area contributed by atoms with Gasteiger partial charge in [-0.1, -0.05) is 40.2 Å². The molecule has 1 aliphatic rings. The number of aliphatic hydroxyl groups is 1. The summed E-state index contributed by atoms with van der Waals surface area (Å²) in [6.45, 7) is 0. The molecular weight excluding hydrogens is 252 g/mol. The molecule has 15 heavy (non-hydrogen) atoms. The third-order valence-electron chi connectivity index (χ3n) is 2.95. The van der Waals surface area contributed by atoms with Gasteiger partial charge in [-0.3, -0.25) is 0 Å². The summed E-state index contributed by atoms with van der Waals surface area (Å²) < 4.78 is 1.03. The third-order valence-corrected chi connectivity index (χ3v) is 3.44. The maximum Gasteiger partial charge on any atom is 0.0821 e. The molecule has 2 heteroatoms. The Labute approximate surface area is 99.0 Å². The summed E-state index contributed by atoms with van der Waals surface area (Å²) in [6.07, 6.45) is 7.22. The largest absolute Gasteiger partial charge is 0.388 e. The maximum absolute atomic E-state index is 10.2. The van der Waals surface area contributed by atoms with E-state index in [0.29, 0.717) is 5.92 Å². The quantitative estimate of drug-likeness (QED) is 0.807. The highest BCUT2D eigenvalue weighted by atomic mass is 79.9. The van der Waals surface area contributed by atoms with Gasteiger partial charge in [0.25, 0.3) is 0 Å². The van der Waals surface area contributed by atoms with Crippen LogP contribution in [0.3, 0.4) is 0 Å². The van der Waals surface area contributed by atoms with Gasteiger partial charge in [0.1, 0.15) is 0 Å². The molecule has 0 heterocycles. The minimum absolute atomic E-state index is 0.326. The van der Waals surface area contributed by atoms with Crippen LogP contribution in [-0.4, -0.2) is 5.11 Å². The number of allylic oxidation sites excluding steroid dienone is 2. The lowest BCUT2D eigenvalue weighted by atomic mass is 9.86. The number of hydrogen-bond acceptors (Lipinski definition) is 1. The first-order chi connectivity index (χ1) is 7.27. The van der Waals surface area contributed by atoms with Crippen molar-refractivity contribution in [3.8, 4) is 0 Å². The Hall–Kier alpha value is -0.600. The molecule has 1 aromatic rings. The van der Waals surface area contributed by atoms with E-state index in [-0.39, 0.29) is 6.10 Å². The van der Waals surface area contributed by atoms with Crippen LogP contribution in [0.5, 0.6) is 0 Å². The van der Waals surface area contributed by atoms with Gasteiger partial charge in [0.15, 0.2) is 0 Å². The monoisotopic (exact) mass is 266 g/mol. The molecule has 1 nitrogen and oxygen atoms in total. The van der Waals surface area contributed by atoms with Crippen LogP contribution in [0.25, 0.3) is 0 Å². The van der Waals surface area contributed by atoms with E-state index in [4.69, 9.17) is 0 Å². The van der Waals surface area contributed by atoms with Crippen molar-refractivity contribution in [3.63, 3.8) is 0 Å². The lowest BCUT2D eigenvalue weighted by Crippen LogP contribution is -2.13. The fourth-order valence-electron chi connectivity index (χ4n) is 2.07. The summed E-state index contributed by atoms with van der Waals surface area (Å²) in [5.41, 5.74) is 1.02. The zero-order valence-electron chi connectivity index (χ0n) is 8.57. The molecule has 2 atom stereocenters. The number of rotatable bonds is 2. The fraction of sp³-hybridized carbons (Fsp3) is 0.385. The van der Waals surface area contributed by atoms with Crippen LogP contribution >= 0.6 is 15.9 Å². The van der Waals surface area contributed by atoms with E-state index < -0.39 is 0 Å². The lowest BCUT2D eigenvalue weighted by molar-refractivity contribution is 0.102. The summed E-state index contributed by atoms with van der Waals surface area (Å²) in [6, 6.07) is 7.95. The van der Waals surface area contributed by atoms with Gasteiger partial charge in [0.05, 0.1) is 6.10 Å². The number of aliphatic hydroxyl groups excluding tert-OH is 1. The molecule has 80 valence electrons. The second-order valence-electron chi connectivity index (χ2n) is 4.04. The van der Waals surface area contributed by atoms with Crippen molar-refractivity contribution < 1.29 is 5.11 Å². The molecule has 0 aliphatic heterocycles. The predicted octanol–water partition coefficient (Wildman–Crippen LogP) is 3.84. The first-order valence-electron chi connectivity index (χ1n) is 5.36. The molecule has 0 amide bonds. The smallest absolute Gasteiger partial charge is 0.0821 e. The van der Waals surface area contributed by atoms with Gasteiger partial charge in [-0.05, 0) is 42.9 Å². The second kappa shape index (κ2) is 4.95. The Morgan fingerprint density at radius 2 is 2.20 bits per heavy atom. The second-order valence-corrected chi connectivity index (χ2v) is 4.96. The van der Waals surface area contributed by atoms with Gasteiger partial charge in [-0.2, -0.15) is 0 Å². The van der Waals surface area contributed by atoms with Crippen molar-refractivity contribution in [2.24, 2.45) is 5.92 Å². The summed E-state index contributed by atoms with van der Waals surface area (Å²) in [7, 11) is 0. The maximum atomic E-state index is 10.2. The standard InChI is InChI=1S/C13H15BrO/c14-12-8-4-7-11(9-12)13(15)10-5-2-1-3-6-10/h1-2,4,7-10,13,15H,3,5-6H2. The van der Waals surface area contributed by atoms with Crippen molar-refractivity contribution in [3.05, 3.63) is 46.5 Å². The molecule has 0 aromatic heterocycles. The molecule has 2 unspecified atom stereocenters. The first kappa shape index (κ1) is 10.9. The van der Waals surface area contributed by atoms with Gasteiger partial charge < -0.3 is 5.11 Å². The summed E-state index contributed by atoms with van der Waals surface area (Å²) in [5, 5.41) is 10.2. The SMILES string of the molecule is OC(c1cccc(Br)c1)C1CC=CCC1. The Balaban J connectivity index is 2.12. The Morgan fingerprint density at radius 3 is 2.87 bits per heavy atom. The van der Waals surface area contributed by atoms with Gasteiger partial charge in [-0.15, -0.1) is 0 Å². The number of hydrogen-bond donors (Lipinski definition) is 1. The van der Waals surface area contributed by atoms with Crippen LogP contribution in [-0.2, 0) is 0 Å². The van der Waals surface area contributed by atoms with Crippen LogP contribution in [0.15, 0.2) is 40.9 Å². The predicted molar refractivity (Wildman–Crippen MR) is 65.6 cm³/mol. The third kappa shape index (κ3) is 2.70. The average Bonchev–Trinajstić information content (AvgIpc) is 2.29. The summed E-state index contributed by atoms with van der Waals surface area (Å²) >= 11 is 3.43. The van der Waals surface area contributed by atoms with Gasteiger partial charge in [0.2, 0.25) is 0 Å². The zero-order valence-corrected chi connectivity index (χ0v) is 10.2. The van der Waals surface area contributed by atoms with Crippen molar-refractivity contribution in [1.82, 2.24) is 0 Å².